The van der Waals surface area contributed by atoms with Crippen molar-refractivity contribution in [3.63, 3.8) is 0 Å². The minimum Gasteiger partial charge on any atom is -0.393 e. The summed E-state index contributed by atoms with van der Waals surface area (Å²) in [5, 5.41) is 16.7. The van der Waals surface area contributed by atoms with Gasteiger partial charge in [0.05, 0.1) is 12.3 Å². The van der Waals surface area contributed by atoms with Gasteiger partial charge in [0.1, 0.15) is 0 Å². The first-order valence-corrected chi connectivity index (χ1v) is 6.78. The highest BCUT2D eigenvalue weighted by Gasteiger charge is 2.22. The van der Waals surface area contributed by atoms with Crippen LogP contribution in [0.15, 0.2) is 18.5 Å². The lowest BCUT2D eigenvalue weighted by Gasteiger charge is -2.27. The Morgan fingerprint density at radius 1 is 1.58 bits per heavy atom. The predicted molar refractivity (Wildman–Crippen MR) is 73.2 cm³/mol. The fourth-order valence-corrected chi connectivity index (χ4v) is 2.41. The molecule has 5 nitrogen and oxygen atoms in total. The van der Waals surface area contributed by atoms with Crippen molar-refractivity contribution in [1.29, 1.82) is 0 Å². The molecule has 2 atom stereocenters. The number of aliphatic hydroxyl groups is 1. The highest BCUT2D eigenvalue weighted by atomic mass is 16.3. The van der Waals surface area contributed by atoms with Crippen LogP contribution in [-0.2, 0) is 11.8 Å². The number of hydrogen-bond acceptors (Lipinski definition) is 3. The van der Waals surface area contributed by atoms with Crippen LogP contribution in [0.5, 0.6) is 0 Å². The van der Waals surface area contributed by atoms with E-state index >= 15 is 0 Å². The molecule has 1 amide bonds. The molecule has 1 heterocycles. The van der Waals surface area contributed by atoms with Crippen LogP contribution in [0.2, 0.25) is 0 Å². The Hall–Kier alpha value is -1.62. The van der Waals surface area contributed by atoms with Crippen LogP contribution in [0.3, 0.4) is 0 Å². The molecule has 5 heteroatoms. The summed E-state index contributed by atoms with van der Waals surface area (Å²) in [4.78, 5) is 11.7. The summed E-state index contributed by atoms with van der Waals surface area (Å²) in [6.45, 7) is 0.553. The van der Waals surface area contributed by atoms with E-state index in [1.807, 2.05) is 13.2 Å². The third kappa shape index (κ3) is 4.21. The Morgan fingerprint density at radius 3 is 3.05 bits per heavy atom. The van der Waals surface area contributed by atoms with Crippen LogP contribution in [-0.4, -0.2) is 33.4 Å². The fraction of sp³-hybridized carbons (Fsp3) is 0.571. The molecule has 19 heavy (non-hydrogen) atoms. The van der Waals surface area contributed by atoms with Gasteiger partial charge in [0, 0.05) is 37.3 Å². The van der Waals surface area contributed by atoms with E-state index in [9.17, 15) is 9.90 Å². The minimum atomic E-state index is -0.267. The molecule has 0 aromatic carbocycles. The molecule has 2 rings (SSSR count). The first-order chi connectivity index (χ1) is 9.15. The maximum absolute atomic E-state index is 11.7. The Bertz CT molecular complexity index is 453. The van der Waals surface area contributed by atoms with Crippen molar-refractivity contribution in [2.75, 3.05) is 6.54 Å². The second-order valence-electron chi connectivity index (χ2n) is 5.14. The molecule has 0 spiro atoms. The molecule has 1 saturated carbocycles. The topological polar surface area (TPSA) is 67.2 Å². The van der Waals surface area contributed by atoms with Gasteiger partial charge in [-0.05, 0) is 18.9 Å². The molecule has 1 aliphatic rings. The van der Waals surface area contributed by atoms with Crippen LogP contribution in [0.1, 0.15) is 31.2 Å². The first-order valence-electron chi connectivity index (χ1n) is 6.78. The van der Waals surface area contributed by atoms with E-state index in [4.69, 9.17) is 0 Å². The minimum absolute atomic E-state index is 0.123. The zero-order chi connectivity index (χ0) is 13.7. The molecular weight excluding hydrogens is 242 g/mol. The summed E-state index contributed by atoms with van der Waals surface area (Å²) in [6.07, 6.45) is 10.6. The maximum Gasteiger partial charge on any atom is 0.244 e. The molecule has 1 aromatic rings. The first kappa shape index (κ1) is 13.8. The molecule has 0 bridgehead atoms. The van der Waals surface area contributed by atoms with Gasteiger partial charge in [-0.2, -0.15) is 5.10 Å². The van der Waals surface area contributed by atoms with E-state index < -0.39 is 0 Å². The molecule has 104 valence electrons. The van der Waals surface area contributed by atoms with Crippen LogP contribution in [0, 0.1) is 5.92 Å². The van der Waals surface area contributed by atoms with E-state index in [1.54, 1.807) is 17.0 Å². The predicted octanol–water partition coefficient (Wildman–Crippen LogP) is 1.10. The molecule has 2 N–H and O–H groups in total. The molecule has 0 saturated heterocycles. The second kappa shape index (κ2) is 6.52. The normalized spacial score (nSPS) is 23.7. The maximum atomic E-state index is 11.7. The van der Waals surface area contributed by atoms with Gasteiger partial charge in [-0.15, -0.1) is 0 Å². The van der Waals surface area contributed by atoms with Crippen LogP contribution >= 0.6 is 0 Å². The number of aryl methyl sites for hydroxylation is 1. The number of aliphatic hydroxyl groups excluding tert-OH is 1. The van der Waals surface area contributed by atoms with Crippen molar-refractivity contribution in [1.82, 2.24) is 15.1 Å². The third-order valence-corrected chi connectivity index (χ3v) is 3.56. The average molecular weight is 263 g/mol. The quantitative estimate of drug-likeness (QED) is 0.799. The number of nitrogens with zero attached hydrogens (tertiary/aromatic N) is 2. The van der Waals surface area contributed by atoms with Crippen LogP contribution in [0.4, 0.5) is 0 Å². The van der Waals surface area contributed by atoms with Crippen molar-refractivity contribution in [3.8, 4) is 0 Å². The van der Waals surface area contributed by atoms with Gasteiger partial charge >= 0.3 is 0 Å². The van der Waals surface area contributed by atoms with E-state index in [1.165, 1.54) is 6.08 Å². The summed E-state index contributed by atoms with van der Waals surface area (Å²) in [5.74, 6) is 0.0751. The van der Waals surface area contributed by atoms with E-state index in [-0.39, 0.29) is 17.9 Å². The van der Waals surface area contributed by atoms with Crippen LogP contribution < -0.4 is 5.32 Å². The zero-order valence-electron chi connectivity index (χ0n) is 11.2. The Morgan fingerprint density at radius 2 is 2.37 bits per heavy atom. The van der Waals surface area contributed by atoms with Gasteiger partial charge in [-0.25, -0.2) is 0 Å². The summed E-state index contributed by atoms with van der Waals surface area (Å²) < 4.78 is 1.69. The summed E-state index contributed by atoms with van der Waals surface area (Å²) in [6, 6.07) is 0. The van der Waals surface area contributed by atoms with Gasteiger partial charge in [-0.3, -0.25) is 9.48 Å². The largest absolute Gasteiger partial charge is 0.393 e. The number of nitrogens with one attached hydrogen (secondary N) is 1. The lowest BCUT2D eigenvalue weighted by atomic mass is 9.86. The molecule has 0 aliphatic heterocycles. The SMILES string of the molecule is Cn1cc(C=CC(=O)NCC2CCCCC2O)cn1. The van der Waals surface area contributed by atoms with Gasteiger partial charge in [-0.1, -0.05) is 12.8 Å². The Kier molecular flexibility index (Phi) is 4.74. The van der Waals surface area contributed by atoms with E-state index in [0.29, 0.717) is 6.54 Å². The monoisotopic (exact) mass is 263 g/mol. The lowest BCUT2D eigenvalue weighted by molar-refractivity contribution is -0.116. The van der Waals surface area contributed by atoms with Gasteiger partial charge in [0.25, 0.3) is 0 Å². The van der Waals surface area contributed by atoms with Gasteiger partial charge in [0.15, 0.2) is 0 Å². The average Bonchev–Trinajstić information content (AvgIpc) is 2.81. The highest BCUT2D eigenvalue weighted by molar-refractivity contribution is 5.91. The zero-order valence-corrected chi connectivity index (χ0v) is 11.2. The van der Waals surface area contributed by atoms with Crippen molar-refractivity contribution >= 4 is 12.0 Å². The van der Waals surface area contributed by atoms with Gasteiger partial charge < -0.3 is 10.4 Å². The summed E-state index contributed by atoms with van der Waals surface area (Å²) >= 11 is 0. The number of carbonyl (C=O) groups is 1. The van der Waals surface area contributed by atoms with Crippen LogP contribution in [0.25, 0.3) is 6.08 Å². The Labute approximate surface area is 113 Å². The second-order valence-corrected chi connectivity index (χ2v) is 5.14. The number of rotatable bonds is 4. The molecular formula is C14H21N3O2. The third-order valence-electron chi connectivity index (χ3n) is 3.56. The highest BCUT2D eigenvalue weighted by Crippen LogP contribution is 2.23. The van der Waals surface area contributed by atoms with Crippen molar-refractivity contribution in [3.05, 3.63) is 24.0 Å². The smallest absolute Gasteiger partial charge is 0.244 e. The molecule has 1 fully saturated rings. The molecule has 1 aliphatic carbocycles. The summed E-state index contributed by atoms with van der Waals surface area (Å²) in [5.41, 5.74) is 0.898. The van der Waals surface area contributed by atoms with E-state index in [0.717, 1.165) is 31.2 Å². The number of carbonyl (C=O) groups excluding carboxylic acids is 1. The standard InChI is InChI=1S/C14H21N3O2/c1-17-10-11(8-16-17)6-7-14(19)15-9-12-4-2-3-5-13(12)18/h6-8,10,12-13,18H,2-5,9H2,1H3,(H,15,19). The van der Waals surface area contributed by atoms with Gasteiger partial charge in [0.2, 0.25) is 5.91 Å². The summed E-state index contributed by atoms with van der Waals surface area (Å²) in [7, 11) is 1.84. The Balaban J connectivity index is 1.76. The number of amides is 1. The van der Waals surface area contributed by atoms with Crippen molar-refractivity contribution < 1.29 is 9.90 Å². The molecule has 0 radical (unpaired) electrons. The molecule has 1 aromatic heterocycles. The van der Waals surface area contributed by atoms with E-state index in [2.05, 4.69) is 10.4 Å². The number of hydrogen-bond donors (Lipinski definition) is 2. The molecule has 2 unspecified atom stereocenters. The van der Waals surface area contributed by atoms with Crippen molar-refractivity contribution in [2.45, 2.75) is 31.8 Å². The number of aromatic nitrogens is 2. The lowest BCUT2D eigenvalue weighted by Crippen LogP contribution is -2.36. The fourth-order valence-electron chi connectivity index (χ4n) is 2.41. The van der Waals surface area contributed by atoms with Crippen molar-refractivity contribution in [2.24, 2.45) is 13.0 Å².